The van der Waals surface area contributed by atoms with Gasteiger partial charge in [0.2, 0.25) is 5.91 Å². The molecule has 0 spiro atoms. The second-order valence-electron chi connectivity index (χ2n) is 4.99. The molecular formula is C18H22N2O3. The topological polar surface area (TPSA) is 73.6 Å². The normalized spacial score (nSPS) is 10.1. The molecule has 2 aromatic rings. The van der Waals surface area contributed by atoms with Crippen LogP contribution < -0.4 is 20.5 Å². The van der Waals surface area contributed by atoms with E-state index in [1.165, 1.54) is 0 Å². The first-order valence-electron chi connectivity index (χ1n) is 7.64. The molecule has 1 amide bonds. The van der Waals surface area contributed by atoms with Crippen molar-refractivity contribution in [1.29, 1.82) is 0 Å². The molecule has 0 heterocycles. The van der Waals surface area contributed by atoms with Crippen molar-refractivity contribution < 1.29 is 14.3 Å². The number of rotatable bonds is 9. The predicted octanol–water partition coefficient (Wildman–Crippen LogP) is 2.95. The number of benzene rings is 2. The first-order chi connectivity index (χ1) is 11.2. The van der Waals surface area contributed by atoms with Crippen molar-refractivity contribution in [3.8, 4) is 11.5 Å². The highest BCUT2D eigenvalue weighted by atomic mass is 16.5. The van der Waals surface area contributed by atoms with Crippen LogP contribution in [0.5, 0.6) is 11.5 Å². The Labute approximate surface area is 136 Å². The number of nitrogens with two attached hydrogens (primary N) is 1. The predicted molar refractivity (Wildman–Crippen MR) is 90.7 cm³/mol. The highest BCUT2D eigenvalue weighted by Crippen LogP contribution is 2.25. The molecule has 0 bridgehead atoms. The van der Waals surface area contributed by atoms with Crippen LogP contribution in [0.2, 0.25) is 0 Å². The summed E-state index contributed by atoms with van der Waals surface area (Å²) in [6.07, 6.45) is 0.199. The number of carbonyl (C=O) groups excluding carboxylic acids is 1. The van der Waals surface area contributed by atoms with Gasteiger partial charge in [0.25, 0.3) is 0 Å². The number of carbonyl (C=O) groups is 1. The molecule has 0 fully saturated rings. The maximum absolute atomic E-state index is 10.8. The fourth-order valence-electron chi connectivity index (χ4n) is 2.11. The van der Waals surface area contributed by atoms with Gasteiger partial charge in [0.05, 0.1) is 25.3 Å². The summed E-state index contributed by atoms with van der Waals surface area (Å²) in [7, 11) is 0. The molecular weight excluding hydrogens is 292 g/mol. The summed E-state index contributed by atoms with van der Waals surface area (Å²) in [5.74, 6) is 1.19. The third kappa shape index (κ3) is 5.54. The van der Waals surface area contributed by atoms with Crippen molar-refractivity contribution in [3.63, 3.8) is 0 Å². The summed E-state index contributed by atoms with van der Waals surface area (Å²) in [5.41, 5.74) is 7.11. The molecule has 0 aliphatic heterocycles. The Bertz CT molecular complexity index is 644. The molecule has 0 unspecified atom stereocenters. The summed E-state index contributed by atoms with van der Waals surface area (Å²) in [6, 6.07) is 15.6. The third-order valence-electron chi connectivity index (χ3n) is 3.19. The van der Waals surface area contributed by atoms with E-state index >= 15 is 0 Å². The van der Waals surface area contributed by atoms with Crippen molar-refractivity contribution in [2.75, 3.05) is 18.5 Å². The van der Waals surface area contributed by atoms with Gasteiger partial charge in [-0.2, -0.15) is 0 Å². The van der Waals surface area contributed by atoms with E-state index in [4.69, 9.17) is 15.2 Å². The van der Waals surface area contributed by atoms with Crippen molar-refractivity contribution in [1.82, 2.24) is 0 Å². The van der Waals surface area contributed by atoms with Gasteiger partial charge < -0.3 is 20.5 Å². The molecule has 5 heteroatoms. The van der Waals surface area contributed by atoms with Gasteiger partial charge in [-0.3, -0.25) is 4.79 Å². The maximum atomic E-state index is 10.8. The standard InChI is InChI=1S/C18H22N2O3/c1-2-22-15-7-5-6-14(12-15)13-20-16-8-3-4-9-17(16)23-11-10-18(19)21/h3-9,12,20H,2,10-11,13H2,1H3,(H2,19,21). The van der Waals surface area contributed by atoms with Gasteiger partial charge in [-0.05, 0) is 36.8 Å². The van der Waals surface area contributed by atoms with Gasteiger partial charge in [0, 0.05) is 6.54 Å². The van der Waals surface area contributed by atoms with Crippen molar-refractivity contribution in [2.45, 2.75) is 19.9 Å². The molecule has 0 saturated heterocycles. The van der Waals surface area contributed by atoms with Crippen LogP contribution in [0.15, 0.2) is 48.5 Å². The molecule has 122 valence electrons. The summed E-state index contributed by atoms with van der Waals surface area (Å²) in [4.78, 5) is 10.8. The maximum Gasteiger partial charge on any atom is 0.220 e. The Morgan fingerprint density at radius 1 is 1.13 bits per heavy atom. The summed E-state index contributed by atoms with van der Waals surface area (Å²) >= 11 is 0. The Hall–Kier alpha value is -2.69. The fourth-order valence-corrected chi connectivity index (χ4v) is 2.11. The number of primary amides is 1. The van der Waals surface area contributed by atoms with Crippen LogP contribution in [0.25, 0.3) is 0 Å². The van der Waals surface area contributed by atoms with Crippen LogP contribution in [0, 0.1) is 0 Å². The SMILES string of the molecule is CCOc1cccc(CNc2ccccc2OCCC(N)=O)c1. The van der Waals surface area contributed by atoms with Gasteiger partial charge in [-0.25, -0.2) is 0 Å². The molecule has 5 nitrogen and oxygen atoms in total. The smallest absolute Gasteiger partial charge is 0.220 e. The largest absolute Gasteiger partial charge is 0.494 e. The van der Waals surface area contributed by atoms with Crippen molar-refractivity contribution >= 4 is 11.6 Å². The zero-order valence-electron chi connectivity index (χ0n) is 13.2. The molecule has 2 rings (SSSR count). The van der Waals surface area contributed by atoms with Gasteiger partial charge >= 0.3 is 0 Å². The lowest BCUT2D eigenvalue weighted by atomic mass is 10.2. The molecule has 0 atom stereocenters. The quantitative estimate of drug-likeness (QED) is 0.746. The average molecular weight is 314 g/mol. The summed E-state index contributed by atoms with van der Waals surface area (Å²) < 4.78 is 11.1. The fraction of sp³-hybridized carbons (Fsp3) is 0.278. The lowest BCUT2D eigenvalue weighted by Gasteiger charge is -2.13. The van der Waals surface area contributed by atoms with E-state index in [-0.39, 0.29) is 18.9 Å². The Balaban J connectivity index is 1.97. The molecule has 0 aromatic heterocycles. The number of amides is 1. The first-order valence-corrected chi connectivity index (χ1v) is 7.64. The van der Waals surface area contributed by atoms with Crippen molar-refractivity contribution in [3.05, 3.63) is 54.1 Å². The minimum atomic E-state index is -0.372. The van der Waals surface area contributed by atoms with E-state index < -0.39 is 0 Å². The number of hydrogen-bond acceptors (Lipinski definition) is 4. The molecule has 3 N–H and O–H groups in total. The second kappa shape index (κ2) is 8.68. The Morgan fingerprint density at radius 3 is 2.74 bits per heavy atom. The van der Waals surface area contributed by atoms with Gasteiger partial charge in [-0.15, -0.1) is 0 Å². The monoisotopic (exact) mass is 314 g/mol. The van der Waals surface area contributed by atoms with Gasteiger partial charge in [0.15, 0.2) is 0 Å². The Morgan fingerprint density at radius 2 is 1.96 bits per heavy atom. The average Bonchev–Trinajstić information content (AvgIpc) is 2.54. The third-order valence-corrected chi connectivity index (χ3v) is 3.19. The van der Waals surface area contributed by atoms with Gasteiger partial charge in [-0.1, -0.05) is 24.3 Å². The van der Waals surface area contributed by atoms with Crippen LogP contribution in [0.1, 0.15) is 18.9 Å². The number of hydrogen-bond donors (Lipinski definition) is 2. The van der Waals surface area contributed by atoms with E-state index in [1.807, 2.05) is 55.5 Å². The molecule has 0 radical (unpaired) electrons. The van der Waals surface area contributed by atoms with Crippen LogP contribution in [-0.2, 0) is 11.3 Å². The van der Waals surface area contributed by atoms with Crippen LogP contribution in [0.3, 0.4) is 0 Å². The minimum Gasteiger partial charge on any atom is -0.494 e. The second-order valence-corrected chi connectivity index (χ2v) is 4.99. The van der Waals surface area contributed by atoms with E-state index in [9.17, 15) is 4.79 Å². The minimum absolute atomic E-state index is 0.199. The first kappa shape index (κ1) is 16.7. The summed E-state index contributed by atoms with van der Waals surface area (Å²) in [5, 5.41) is 3.34. The molecule has 23 heavy (non-hydrogen) atoms. The van der Waals surface area contributed by atoms with E-state index in [2.05, 4.69) is 5.32 Å². The van der Waals surface area contributed by atoms with Crippen LogP contribution in [-0.4, -0.2) is 19.1 Å². The zero-order valence-corrected chi connectivity index (χ0v) is 13.2. The highest BCUT2D eigenvalue weighted by molar-refractivity contribution is 5.73. The molecule has 0 aliphatic rings. The number of ether oxygens (including phenoxy) is 2. The Kier molecular flexibility index (Phi) is 6.29. The molecule has 2 aromatic carbocycles. The van der Waals surface area contributed by atoms with Crippen LogP contribution in [0.4, 0.5) is 5.69 Å². The van der Waals surface area contributed by atoms with E-state index in [1.54, 1.807) is 0 Å². The lowest BCUT2D eigenvalue weighted by molar-refractivity contribution is -0.118. The zero-order chi connectivity index (χ0) is 16.5. The van der Waals surface area contributed by atoms with E-state index in [0.717, 1.165) is 17.0 Å². The van der Waals surface area contributed by atoms with Gasteiger partial charge in [0.1, 0.15) is 11.5 Å². The van der Waals surface area contributed by atoms with E-state index in [0.29, 0.717) is 18.9 Å². The lowest BCUT2D eigenvalue weighted by Crippen LogP contribution is -2.15. The number of anilines is 1. The number of nitrogens with one attached hydrogen (secondary N) is 1. The van der Waals surface area contributed by atoms with Crippen LogP contribution >= 0.6 is 0 Å². The number of para-hydroxylation sites is 2. The highest BCUT2D eigenvalue weighted by Gasteiger charge is 2.04. The molecule has 0 saturated carbocycles. The summed E-state index contributed by atoms with van der Waals surface area (Å²) in [6.45, 7) is 3.53. The van der Waals surface area contributed by atoms with Crippen molar-refractivity contribution in [2.24, 2.45) is 5.73 Å². The molecule has 0 aliphatic carbocycles.